The zero-order valence-corrected chi connectivity index (χ0v) is 13.1. The fourth-order valence-electron chi connectivity index (χ4n) is 2.74. The lowest BCUT2D eigenvalue weighted by Crippen LogP contribution is -1.82. The number of nitrogens with zero attached hydrogens (tertiary/aromatic N) is 4. The fourth-order valence-corrected chi connectivity index (χ4v) is 3.65. The van der Waals surface area contributed by atoms with E-state index in [-0.39, 0.29) is 5.82 Å². The Balaban J connectivity index is 1.63. The highest BCUT2D eigenvalue weighted by Crippen LogP contribution is 2.33. The van der Waals surface area contributed by atoms with Crippen molar-refractivity contribution in [2.24, 2.45) is 0 Å². The van der Waals surface area contributed by atoms with E-state index in [0.717, 1.165) is 37.7 Å². The molecular weight excluding hydrogens is 325 g/mol. The summed E-state index contributed by atoms with van der Waals surface area (Å²) in [5.41, 5.74) is 3.62. The molecule has 0 radical (unpaired) electrons. The molecule has 0 amide bonds. The van der Waals surface area contributed by atoms with Crippen LogP contribution in [0, 0.1) is 5.82 Å². The van der Waals surface area contributed by atoms with Crippen molar-refractivity contribution in [1.29, 1.82) is 0 Å². The molecule has 116 valence electrons. The van der Waals surface area contributed by atoms with Crippen LogP contribution in [0.15, 0.2) is 55.1 Å². The van der Waals surface area contributed by atoms with E-state index in [4.69, 9.17) is 0 Å². The molecule has 0 atom stereocenters. The number of H-pyrrole nitrogens is 1. The van der Waals surface area contributed by atoms with Gasteiger partial charge in [-0.15, -0.1) is 0 Å². The lowest BCUT2D eigenvalue weighted by molar-refractivity contribution is 0.630. The average Bonchev–Trinajstić information content (AvgIpc) is 3.27. The maximum atomic E-state index is 13.5. The number of halogens is 1. The van der Waals surface area contributed by atoms with Crippen LogP contribution < -0.4 is 0 Å². The SMILES string of the molecule is Fc1ccc2[nH]cc(-c3nn4cc(-c5ccncc5)nc4s3)c2c1. The summed E-state index contributed by atoms with van der Waals surface area (Å²) in [6.07, 6.45) is 7.22. The van der Waals surface area contributed by atoms with Crippen LogP contribution in [0.5, 0.6) is 0 Å². The van der Waals surface area contributed by atoms with Gasteiger partial charge in [-0.2, -0.15) is 5.10 Å². The number of aromatic nitrogens is 5. The molecule has 0 spiro atoms. The van der Waals surface area contributed by atoms with Gasteiger partial charge >= 0.3 is 0 Å². The second-order valence-electron chi connectivity index (χ2n) is 5.39. The Hall–Kier alpha value is -3.06. The molecule has 5 aromatic rings. The number of fused-ring (bicyclic) bond motifs is 2. The summed E-state index contributed by atoms with van der Waals surface area (Å²) in [5, 5.41) is 6.22. The molecule has 1 N–H and O–H groups in total. The maximum absolute atomic E-state index is 13.5. The van der Waals surface area contributed by atoms with Gasteiger partial charge in [-0.3, -0.25) is 4.98 Å². The number of aromatic amines is 1. The Morgan fingerprint density at radius 3 is 2.83 bits per heavy atom. The van der Waals surface area contributed by atoms with Gasteiger partial charge in [-0.25, -0.2) is 13.9 Å². The van der Waals surface area contributed by atoms with Crippen molar-refractivity contribution >= 4 is 27.2 Å². The Morgan fingerprint density at radius 2 is 2.00 bits per heavy atom. The minimum Gasteiger partial charge on any atom is -0.360 e. The van der Waals surface area contributed by atoms with Crippen LogP contribution in [0.4, 0.5) is 4.39 Å². The van der Waals surface area contributed by atoms with E-state index < -0.39 is 0 Å². The van der Waals surface area contributed by atoms with E-state index in [2.05, 4.69) is 20.1 Å². The molecule has 1 aromatic carbocycles. The van der Waals surface area contributed by atoms with Gasteiger partial charge in [0.1, 0.15) is 10.8 Å². The summed E-state index contributed by atoms with van der Waals surface area (Å²) < 4.78 is 15.3. The van der Waals surface area contributed by atoms with E-state index in [1.807, 2.05) is 24.5 Å². The van der Waals surface area contributed by atoms with E-state index in [1.165, 1.54) is 23.5 Å². The normalized spacial score (nSPS) is 11.5. The zero-order valence-electron chi connectivity index (χ0n) is 12.3. The smallest absolute Gasteiger partial charge is 0.213 e. The molecule has 0 bridgehead atoms. The van der Waals surface area contributed by atoms with E-state index in [0.29, 0.717) is 0 Å². The predicted octanol–water partition coefficient (Wildman–Crippen LogP) is 4.14. The maximum Gasteiger partial charge on any atom is 0.213 e. The van der Waals surface area contributed by atoms with Crippen LogP contribution in [0.25, 0.3) is 37.7 Å². The van der Waals surface area contributed by atoms with E-state index in [1.54, 1.807) is 23.0 Å². The summed E-state index contributed by atoms with van der Waals surface area (Å²) in [6.45, 7) is 0. The van der Waals surface area contributed by atoms with E-state index in [9.17, 15) is 4.39 Å². The van der Waals surface area contributed by atoms with Crippen LogP contribution in [0.2, 0.25) is 0 Å². The van der Waals surface area contributed by atoms with Crippen LogP contribution in [0.3, 0.4) is 0 Å². The second kappa shape index (κ2) is 4.97. The van der Waals surface area contributed by atoms with Crippen molar-refractivity contribution in [3.8, 4) is 21.8 Å². The minimum atomic E-state index is -0.260. The third-order valence-electron chi connectivity index (χ3n) is 3.89. The van der Waals surface area contributed by atoms with Crippen molar-refractivity contribution in [2.45, 2.75) is 0 Å². The van der Waals surface area contributed by atoms with Crippen molar-refractivity contribution in [2.75, 3.05) is 0 Å². The zero-order chi connectivity index (χ0) is 16.1. The third kappa shape index (κ3) is 2.02. The van der Waals surface area contributed by atoms with Gasteiger partial charge in [0.05, 0.1) is 11.9 Å². The first-order chi connectivity index (χ1) is 11.8. The second-order valence-corrected chi connectivity index (χ2v) is 6.34. The fraction of sp³-hybridized carbons (Fsp3) is 0. The molecule has 5 rings (SSSR count). The number of pyridine rings is 1. The van der Waals surface area contributed by atoms with Gasteiger partial charge in [-0.05, 0) is 30.3 Å². The molecule has 4 aromatic heterocycles. The molecule has 0 aliphatic rings. The van der Waals surface area contributed by atoms with Gasteiger partial charge in [0.25, 0.3) is 0 Å². The third-order valence-corrected chi connectivity index (χ3v) is 4.85. The summed E-state index contributed by atoms with van der Waals surface area (Å²) in [6, 6.07) is 8.52. The summed E-state index contributed by atoms with van der Waals surface area (Å²) in [7, 11) is 0. The van der Waals surface area contributed by atoms with Crippen molar-refractivity contribution in [3.05, 3.63) is 60.9 Å². The Labute approximate surface area is 139 Å². The quantitative estimate of drug-likeness (QED) is 0.527. The summed E-state index contributed by atoms with van der Waals surface area (Å²) in [4.78, 5) is 12.6. The monoisotopic (exact) mass is 335 g/mol. The molecule has 5 nitrogen and oxygen atoms in total. The molecule has 0 saturated carbocycles. The molecule has 0 aliphatic heterocycles. The highest BCUT2D eigenvalue weighted by molar-refractivity contribution is 7.20. The van der Waals surface area contributed by atoms with Crippen molar-refractivity contribution in [1.82, 2.24) is 24.6 Å². The minimum absolute atomic E-state index is 0.260. The lowest BCUT2D eigenvalue weighted by atomic mass is 10.2. The largest absolute Gasteiger partial charge is 0.360 e. The molecule has 0 fully saturated rings. The molecule has 24 heavy (non-hydrogen) atoms. The molecule has 0 aliphatic carbocycles. The van der Waals surface area contributed by atoms with Gasteiger partial charge in [0, 0.05) is 40.6 Å². The van der Waals surface area contributed by atoms with Crippen molar-refractivity contribution in [3.63, 3.8) is 0 Å². The van der Waals surface area contributed by atoms with E-state index >= 15 is 0 Å². The standard InChI is InChI=1S/C17H10FN5S/c18-11-1-2-14-12(7-11)13(8-20-14)16-22-23-9-15(21-17(23)24-16)10-3-5-19-6-4-10/h1-9,20H. The van der Waals surface area contributed by atoms with Gasteiger partial charge in [-0.1, -0.05) is 11.3 Å². The lowest BCUT2D eigenvalue weighted by Gasteiger charge is -1.94. The molecule has 7 heteroatoms. The first-order valence-corrected chi connectivity index (χ1v) is 8.13. The van der Waals surface area contributed by atoms with Gasteiger partial charge in [0.15, 0.2) is 0 Å². The van der Waals surface area contributed by atoms with Crippen LogP contribution in [-0.4, -0.2) is 24.6 Å². The van der Waals surface area contributed by atoms with Crippen LogP contribution in [0.1, 0.15) is 0 Å². The molecule has 0 saturated heterocycles. The number of hydrogen-bond acceptors (Lipinski definition) is 4. The molecule has 0 unspecified atom stereocenters. The summed E-state index contributed by atoms with van der Waals surface area (Å²) in [5.74, 6) is -0.260. The topological polar surface area (TPSA) is 58.9 Å². The molecule has 4 heterocycles. The van der Waals surface area contributed by atoms with Crippen LogP contribution >= 0.6 is 11.3 Å². The number of benzene rings is 1. The highest BCUT2D eigenvalue weighted by Gasteiger charge is 2.14. The first-order valence-electron chi connectivity index (χ1n) is 7.31. The average molecular weight is 335 g/mol. The predicted molar refractivity (Wildman–Crippen MR) is 91.3 cm³/mol. The number of nitrogens with one attached hydrogen (secondary N) is 1. The molecular formula is C17H10FN5S. The van der Waals surface area contributed by atoms with Crippen molar-refractivity contribution < 1.29 is 4.39 Å². The number of imidazole rings is 1. The first kappa shape index (κ1) is 13.4. The van der Waals surface area contributed by atoms with Gasteiger partial charge in [0.2, 0.25) is 4.96 Å². The highest BCUT2D eigenvalue weighted by atomic mass is 32.1. The summed E-state index contributed by atoms with van der Waals surface area (Å²) >= 11 is 1.47. The van der Waals surface area contributed by atoms with Crippen LogP contribution in [-0.2, 0) is 0 Å². The Morgan fingerprint density at radius 1 is 1.12 bits per heavy atom. The Kier molecular flexibility index (Phi) is 2.77. The number of hydrogen-bond donors (Lipinski definition) is 1. The van der Waals surface area contributed by atoms with Gasteiger partial charge < -0.3 is 4.98 Å². The Bertz CT molecular complexity index is 1140. The number of rotatable bonds is 2.